The van der Waals surface area contributed by atoms with Crippen LogP contribution >= 0.6 is 0 Å². The van der Waals surface area contributed by atoms with Gasteiger partial charge in [0.05, 0.1) is 23.5 Å². The summed E-state index contributed by atoms with van der Waals surface area (Å²) < 4.78 is 3.84. The molecule has 5 heteroatoms. The summed E-state index contributed by atoms with van der Waals surface area (Å²) in [5.41, 5.74) is 2.73. The molecule has 0 radical (unpaired) electrons. The molecule has 2 aromatic rings. The third kappa shape index (κ3) is 3.18. The van der Waals surface area contributed by atoms with Crippen LogP contribution in [-0.2, 0) is 13.5 Å². The van der Waals surface area contributed by atoms with Gasteiger partial charge >= 0.3 is 0 Å². The molecule has 0 bridgehead atoms. The summed E-state index contributed by atoms with van der Waals surface area (Å²) in [6.45, 7) is 1.93. The quantitative estimate of drug-likeness (QED) is 0.941. The molecule has 21 heavy (non-hydrogen) atoms. The summed E-state index contributed by atoms with van der Waals surface area (Å²) in [5.74, 6) is 0. The summed E-state index contributed by atoms with van der Waals surface area (Å²) in [4.78, 5) is 0. The highest BCUT2D eigenvalue weighted by atomic mass is 16.3. The van der Waals surface area contributed by atoms with Gasteiger partial charge in [0.2, 0.25) is 0 Å². The van der Waals surface area contributed by atoms with Gasteiger partial charge in [0, 0.05) is 31.4 Å². The number of aromatic nitrogens is 4. The Balaban J connectivity index is 1.67. The topological polar surface area (TPSA) is 55.9 Å². The molecule has 0 aliphatic heterocycles. The van der Waals surface area contributed by atoms with Gasteiger partial charge in [0.25, 0.3) is 0 Å². The SMILES string of the molecule is Cc1nn(C)cc1C(O)Cc1ccn(C2CCCCC2)n1. The summed E-state index contributed by atoms with van der Waals surface area (Å²) in [5, 5.41) is 19.3. The zero-order chi connectivity index (χ0) is 14.8. The first kappa shape index (κ1) is 14.3. The highest BCUT2D eigenvalue weighted by Crippen LogP contribution is 2.28. The van der Waals surface area contributed by atoms with E-state index in [0.29, 0.717) is 12.5 Å². The molecule has 1 aliphatic rings. The second kappa shape index (κ2) is 6.02. The van der Waals surface area contributed by atoms with Gasteiger partial charge in [-0.2, -0.15) is 10.2 Å². The minimum atomic E-state index is -0.534. The van der Waals surface area contributed by atoms with Crippen molar-refractivity contribution in [3.05, 3.63) is 35.4 Å². The van der Waals surface area contributed by atoms with Crippen LogP contribution in [0.15, 0.2) is 18.5 Å². The lowest BCUT2D eigenvalue weighted by molar-refractivity contribution is 0.176. The average Bonchev–Trinajstić information content (AvgIpc) is 3.06. The van der Waals surface area contributed by atoms with Gasteiger partial charge in [-0.05, 0) is 25.8 Å². The molecule has 3 rings (SSSR count). The Hall–Kier alpha value is -1.62. The molecule has 1 N–H and O–H groups in total. The number of aliphatic hydroxyl groups excluding tert-OH is 1. The average molecular weight is 288 g/mol. The van der Waals surface area contributed by atoms with Gasteiger partial charge in [0.15, 0.2) is 0 Å². The van der Waals surface area contributed by atoms with E-state index in [-0.39, 0.29) is 0 Å². The molecule has 114 valence electrons. The molecule has 0 amide bonds. The van der Waals surface area contributed by atoms with Crippen LogP contribution in [0.2, 0.25) is 0 Å². The molecular formula is C16H24N4O. The maximum Gasteiger partial charge on any atom is 0.0879 e. The van der Waals surface area contributed by atoms with Gasteiger partial charge in [-0.15, -0.1) is 0 Å². The molecule has 1 atom stereocenters. The van der Waals surface area contributed by atoms with Crippen molar-refractivity contribution < 1.29 is 5.11 Å². The first-order valence-electron chi connectivity index (χ1n) is 7.85. The molecule has 1 unspecified atom stereocenters. The monoisotopic (exact) mass is 288 g/mol. The van der Waals surface area contributed by atoms with Crippen molar-refractivity contribution in [3.63, 3.8) is 0 Å². The second-order valence-electron chi connectivity index (χ2n) is 6.14. The molecule has 0 saturated heterocycles. The van der Waals surface area contributed by atoms with E-state index in [2.05, 4.69) is 21.1 Å². The van der Waals surface area contributed by atoms with E-state index in [1.165, 1.54) is 32.1 Å². The van der Waals surface area contributed by atoms with Crippen LogP contribution in [0.5, 0.6) is 0 Å². The summed E-state index contributed by atoms with van der Waals surface area (Å²) >= 11 is 0. The van der Waals surface area contributed by atoms with Gasteiger partial charge < -0.3 is 5.11 Å². The minimum absolute atomic E-state index is 0.534. The predicted octanol–water partition coefficient (Wildman–Crippen LogP) is 2.71. The van der Waals surface area contributed by atoms with Crippen LogP contribution in [-0.4, -0.2) is 24.7 Å². The van der Waals surface area contributed by atoms with Crippen LogP contribution in [0.4, 0.5) is 0 Å². The molecule has 1 fully saturated rings. The van der Waals surface area contributed by atoms with Crippen molar-refractivity contribution in [1.29, 1.82) is 0 Å². The van der Waals surface area contributed by atoms with Crippen molar-refractivity contribution >= 4 is 0 Å². The molecule has 0 aromatic carbocycles. The van der Waals surface area contributed by atoms with Crippen LogP contribution in [0, 0.1) is 6.92 Å². The zero-order valence-electron chi connectivity index (χ0n) is 12.9. The number of aryl methyl sites for hydroxylation is 2. The number of nitrogens with zero attached hydrogens (tertiary/aromatic N) is 4. The molecule has 2 aromatic heterocycles. The second-order valence-corrected chi connectivity index (χ2v) is 6.14. The lowest BCUT2D eigenvalue weighted by atomic mass is 9.96. The number of hydrogen-bond donors (Lipinski definition) is 1. The Morgan fingerprint density at radius 3 is 2.71 bits per heavy atom. The number of aliphatic hydroxyl groups is 1. The van der Waals surface area contributed by atoms with Gasteiger partial charge in [0.1, 0.15) is 0 Å². The fourth-order valence-electron chi connectivity index (χ4n) is 3.29. The molecular weight excluding hydrogens is 264 g/mol. The van der Waals surface area contributed by atoms with Crippen LogP contribution in [0.25, 0.3) is 0 Å². The largest absolute Gasteiger partial charge is 0.388 e. The lowest BCUT2D eigenvalue weighted by Crippen LogP contribution is -2.13. The molecule has 0 spiro atoms. The third-order valence-electron chi connectivity index (χ3n) is 4.43. The Morgan fingerprint density at radius 1 is 1.29 bits per heavy atom. The van der Waals surface area contributed by atoms with Crippen LogP contribution in [0.1, 0.15) is 61.2 Å². The van der Waals surface area contributed by atoms with E-state index in [0.717, 1.165) is 17.0 Å². The molecule has 1 saturated carbocycles. The molecule has 2 heterocycles. The number of hydrogen-bond acceptors (Lipinski definition) is 3. The van der Waals surface area contributed by atoms with E-state index in [1.54, 1.807) is 4.68 Å². The number of rotatable bonds is 4. The Kier molecular flexibility index (Phi) is 4.10. The van der Waals surface area contributed by atoms with Gasteiger partial charge in [-0.3, -0.25) is 9.36 Å². The summed E-state index contributed by atoms with van der Waals surface area (Å²) in [6, 6.07) is 2.58. The van der Waals surface area contributed by atoms with Crippen LogP contribution < -0.4 is 0 Å². The van der Waals surface area contributed by atoms with Gasteiger partial charge in [-0.1, -0.05) is 19.3 Å². The minimum Gasteiger partial charge on any atom is -0.388 e. The fraction of sp³-hybridized carbons (Fsp3) is 0.625. The maximum absolute atomic E-state index is 10.4. The highest BCUT2D eigenvalue weighted by Gasteiger charge is 2.18. The molecule has 5 nitrogen and oxygen atoms in total. The third-order valence-corrected chi connectivity index (χ3v) is 4.43. The van der Waals surface area contributed by atoms with Crippen molar-refractivity contribution in [2.45, 2.75) is 57.6 Å². The standard InChI is InChI=1S/C16H24N4O/c1-12-15(11-19(2)17-12)16(21)10-13-8-9-20(18-13)14-6-4-3-5-7-14/h8-9,11,14,16,21H,3-7,10H2,1-2H3. The van der Waals surface area contributed by atoms with Crippen molar-refractivity contribution in [2.24, 2.45) is 7.05 Å². The van der Waals surface area contributed by atoms with E-state index in [4.69, 9.17) is 0 Å². The van der Waals surface area contributed by atoms with E-state index >= 15 is 0 Å². The Labute approximate surface area is 125 Å². The summed E-state index contributed by atoms with van der Waals surface area (Å²) in [7, 11) is 1.88. The van der Waals surface area contributed by atoms with Crippen LogP contribution in [0.3, 0.4) is 0 Å². The Bertz CT molecular complexity index is 595. The summed E-state index contributed by atoms with van der Waals surface area (Å²) in [6.07, 6.45) is 10.4. The van der Waals surface area contributed by atoms with Crippen molar-refractivity contribution in [1.82, 2.24) is 19.6 Å². The van der Waals surface area contributed by atoms with E-state index < -0.39 is 6.10 Å². The molecule has 1 aliphatic carbocycles. The highest BCUT2D eigenvalue weighted by molar-refractivity contribution is 5.20. The maximum atomic E-state index is 10.4. The fourth-order valence-corrected chi connectivity index (χ4v) is 3.29. The predicted molar refractivity (Wildman–Crippen MR) is 81.0 cm³/mol. The smallest absolute Gasteiger partial charge is 0.0879 e. The lowest BCUT2D eigenvalue weighted by Gasteiger charge is -2.21. The van der Waals surface area contributed by atoms with Gasteiger partial charge in [-0.25, -0.2) is 0 Å². The van der Waals surface area contributed by atoms with Crippen molar-refractivity contribution in [3.8, 4) is 0 Å². The first-order valence-corrected chi connectivity index (χ1v) is 7.85. The van der Waals surface area contributed by atoms with E-state index in [1.807, 2.05) is 26.2 Å². The first-order chi connectivity index (χ1) is 10.1. The zero-order valence-corrected chi connectivity index (χ0v) is 12.9. The van der Waals surface area contributed by atoms with Crippen molar-refractivity contribution in [2.75, 3.05) is 0 Å². The Morgan fingerprint density at radius 2 is 2.05 bits per heavy atom. The van der Waals surface area contributed by atoms with E-state index in [9.17, 15) is 5.11 Å². The normalized spacial score (nSPS) is 18.0.